The zero-order valence-corrected chi connectivity index (χ0v) is 29.9. The van der Waals surface area contributed by atoms with Gasteiger partial charge in [-0.25, -0.2) is 0 Å². The van der Waals surface area contributed by atoms with Crippen LogP contribution in [0, 0.1) is 0 Å². The van der Waals surface area contributed by atoms with Crippen molar-refractivity contribution in [1.82, 2.24) is 5.32 Å². The number of anilines is 2. The summed E-state index contributed by atoms with van der Waals surface area (Å²) >= 11 is 1.26. The van der Waals surface area contributed by atoms with E-state index in [4.69, 9.17) is 0 Å². The lowest BCUT2D eigenvalue weighted by molar-refractivity contribution is -0.115. The maximum absolute atomic E-state index is 13.7. The number of benzene rings is 6. The molecule has 7 rings (SSSR count). The molecular weight excluding hydrogens is 695 g/mol. The zero-order valence-electron chi connectivity index (χ0n) is 29.0. The zero-order chi connectivity index (χ0) is 37.6. The number of rotatable bonds is 10. The highest BCUT2D eigenvalue weighted by Gasteiger charge is 2.32. The summed E-state index contributed by atoms with van der Waals surface area (Å²) in [5.41, 5.74) is 5.03. The molecule has 1 unspecified atom stereocenters. The van der Waals surface area contributed by atoms with Crippen LogP contribution in [0.1, 0.15) is 54.7 Å². The Morgan fingerprint density at radius 3 is 1.94 bits per heavy atom. The Morgan fingerprint density at radius 1 is 0.611 bits per heavy atom. The molecule has 1 atom stereocenters. The number of fused-ring (bicyclic) bond motifs is 2. The molecule has 0 spiro atoms. The second-order valence-corrected chi connectivity index (χ2v) is 13.9. The number of carbonyl (C=O) groups is 5. The molecule has 6 aromatic carbocycles. The van der Waals surface area contributed by atoms with Gasteiger partial charge in [0, 0.05) is 32.8 Å². The van der Waals surface area contributed by atoms with E-state index in [-0.39, 0.29) is 40.0 Å². The largest absolute Gasteiger partial charge is 0.324 e. The van der Waals surface area contributed by atoms with E-state index in [0.717, 1.165) is 11.1 Å². The fraction of sp³-hybridized carbons (Fsp3) is 0.0444. The quantitative estimate of drug-likeness (QED) is 0.0958. The molecule has 0 radical (unpaired) electrons. The molecule has 0 heterocycles. The molecule has 1 aliphatic rings. The third kappa shape index (κ3) is 7.81. The third-order valence-electron chi connectivity index (χ3n) is 8.84. The summed E-state index contributed by atoms with van der Waals surface area (Å²) < 4.78 is 0. The average Bonchev–Trinajstić information content (AvgIpc) is 3.20. The Labute approximate surface area is 316 Å². The van der Waals surface area contributed by atoms with Crippen LogP contribution in [0.15, 0.2) is 162 Å². The van der Waals surface area contributed by atoms with E-state index in [0.29, 0.717) is 32.8 Å². The molecule has 264 valence electrons. The van der Waals surface area contributed by atoms with Crippen LogP contribution < -0.4 is 16.0 Å². The van der Waals surface area contributed by atoms with E-state index in [1.165, 1.54) is 11.8 Å². The van der Waals surface area contributed by atoms with Gasteiger partial charge >= 0.3 is 0 Å². The Bertz CT molecular complexity index is 2440. The number of nitrogens with one attached hydrogen (secondary N) is 3. The van der Waals surface area contributed by atoms with Crippen LogP contribution in [0.4, 0.5) is 11.4 Å². The van der Waals surface area contributed by atoms with Gasteiger partial charge in [-0.05, 0) is 66.1 Å². The Hall–Kier alpha value is -6.84. The molecule has 8 nitrogen and oxygen atoms in total. The maximum Gasteiger partial charge on any atom is 0.272 e. The maximum atomic E-state index is 13.7. The van der Waals surface area contributed by atoms with Gasteiger partial charge in [0.15, 0.2) is 11.6 Å². The van der Waals surface area contributed by atoms with Gasteiger partial charge in [-0.15, -0.1) is 11.8 Å². The van der Waals surface area contributed by atoms with E-state index >= 15 is 0 Å². The van der Waals surface area contributed by atoms with E-state index in [9.17, 15) is 24.0 Å². The summed E-state index contributed by atoms with van der Waals surface area (Å²) in [5, 5.41) is 7.89. The number of amides is 3. The number of thioether (sulfide) groups is 1. The van der Waals surface area contributed by atoms with Crippen LogP contribution in [0.5, 0.6) is 0 Å². The highest BCUT2D eigenvalue weighted by Crippen LogP contribution is 2.33. The average molecular weight is 728 g/mol. The molecule has 0 aliphatic heterocycles. The molecule has 54 heavy (non-hydrogen) atoms. The van der Waals surface area contributed by atoms with E-state index in [2.05, 4.69) is 16.0 Å². The number of hydrogen-bond donors (Lipinski definition) is 3. The van der Waals surface area contributed by atoms with Gasteiger partial charge in [-0.3, -0.25) is 24.0 Å². The molecule has 1 aliphatic carbocycles. The smallest absolute Gasteiger partial charge is 0.272 e. The van der Waals surface area contributed by atoms with Crippen LogP contribution in [0.3, 0.4) is 0 Å². The molecule has 3 N–H and O–H groups in total. The number of hydrogen-bond acceptors (Lipinski definition) is 6. The van der Waals surface area contributed by atoms with Crippen LogP contribution in [-0.4, -0.2) is 34.5 Å². The van der Waals surface area contributed by atoms with Crippen LogP contribution in [0.2, 0.25) is 0 Å². The Balaban J connectivity index is 1.06. The standard InChI is InChI=1S/C45H33N3O5S/c1-28(43(51)47-38-21-11-20-37-40(38)42(50)36-19-9-8-18-35(36)41(37)49)54-34-17-10-16-33(27-34)46-45(53)39(48-44(52)32-14-6-3-7-15-32)26-29-22-24-31(25-23-29)30-12-4-2-5-13-30/h2-28H,1H3,(H,46,53)(H,47,51)(H,48,52)/b39-26+. The molecule has 3 amide bonds. The lowest BCUT2D eigenvalue weighted by Crippen LogP contribution is -2.30. The van der Waals surface area contributed by atoms with Gasteiger partial charge in [-0.2, -0.15) is 0 Å². The van der Waals surface area contributed by atoms with Crippen LogP contribution >= 0.6 is 11.8 Å². The van der Waals surface area contributed by atoms with E-state index in [1.54, 1.807) is 104 Å². The molecule has 0 saturated heterocycles. The SMILES string of the molecule is CC(Sc1cccc(NC(=O)/C(=C\c2ccc(-c3ccccc3)cc2)NC(=O)c2ccccc2)c1)C(=O)Nc1cccc2c1C(=O)c1ccccc1C2=O. The predicted molar refractivity (Wildman–Crippen MR) is 213 cm³/mol. The van der Waals surface area contributed by atoms with Crippen molar-refractivity contribution in [2.75, 3.05) is 10.6 Å². The first kappa shape index (κ1) is 35.6. The molecule has 0 fully saturated rings. The predicted octanol–water partition coefficient (Wildman–Crippen LogP) is 8.66. The second kappa shape index (κ2) is 15.8. The first-order valence-corrected chi connectivity index (χ1v) is 18.1. The summed E-state index contributed by atoms with van der Waals surface area (Å²) in [7, 11) is 0. The van der Waals surface area contributed by atoms with Crippen molar-refractivity contribution in [2.24, 2.45) is 0 Å². The first-order valence-electron chi connectivity index (χ1n) is 17.2. The third-order valence-corrected chi connectivity index (χ3v) is 9.94. The lowest BCUT2D eigenvalue weighted by atomic mass is 9.83. The van der Waals surface area contributed by atoms with Crippen molar-refractivity contribution in [3.05, 3.63) is 191 Å². The second-order valence-electron chi connectivity index (χ2n) is 12.5. The topological polar surface area (TPSA) is 121 Å². The number of carbonyl (C=O) groups excluding carboxylic acids is 5. The fourth-order valence-corrected chi connectivity index (χ4v) is 7.02. The van der Waals surface area contributed by atoms with E-state index < -0.39 is 17.1 Å². The van der Waals surface area contributed by atoms with Crippen molar-refractivity contribution in [3.8, 4) is 11.1 Å². The molecule has 0 bridgehead atoms. The van der Waals surface area contributed by atoms with Crippen molar-refractivity contribution in [3.63, 3.8) is 0 Å². The fourth-order valence-electron chi connectivity index (χ4n) is 6.10. The lowest BCUT2D eigenvalue weighted by Gasteiger charge is -2.21. The Morgan fingerprint density at radius 2 is 1.22 bits per heavy atom. The molecule has 0 saturated carbocycles. The molecule has 0 aromatic heterocycles. The monoisotopic (exact) mass is 727 g/mol. The van der Waals surface area contributed by atoms with Crippen LogP contribution in [-0.2, 0) is 9.59 Å². The summed E-state index contributed by atoms with van der Waals surface area (Å²) in [6.45, 7) is 1.73. The molecule has 9 heteroatoms. The van der Waals surface area contributed by atoms with Gasteiger partial charge in [0.1, 0.15) is 5.70 Å². The molecular formula is C45H33N3O5S. The minimum atomic E-state index is -0.618. The van der Waals surface area contributed by atoms with Crippen molar-refractivity contribution < 1.29 is 24.0 Å². The van der Waals surface area contributed by atoms with Crippen molar-refractivity contribution >= 4 is 58.5 Å². The normalized spacial score (nSPS) is 12.6. The number of ketones is 2. The summed E-state index contributed by atoms with van der Waals surface area (Å²) in [6, 6.07) is 44.8. The van der Waals surface area contributed by atoms with Gasteiger partial charge in [-0.1, -0.05) is 115 Å². The van der Waals surface area contributed by atoms with Crippen LogP contribution in [0.25, 0.3) is 17.2 Å². The van der Waals surface area contributed by atoms with Gasteiger partial charge in [0.25, 0.3) is 11.8 Å². The van der Waals surface area contributed by atoms with Gasteiger partial charge < -0.3 is 16.0 Å². The first-order chi connectivity index (χ1) is 26.2. The Kier molecular flexibility index (Phi) is 10.4. The highest BCUT2D eigenvalue weighted by molar-refractivity contribution is 8.00. The van der Waals surface area contributed by atoms with Gasteiger partial charge in [0.05, 0.1) is 16.5 Å². The minimum absolute atomic E-state index is 0.0453. The minimum Gasteiger partial charge on any atom is -0.324 e. The van der Waals surface area contributed by atoms with E-state index in [1.807, 2.05) is 60.7 Å². The van der Waals surface area contributed by atoms with Crippen molar-refractivity contribution in [2.45, 2.75) is 17.1 Å². The summed E-state index contributed by atoms with van der Waals surface area (Å²) in [6.07, 6.45) is 1.62. The van der Waals surface area contributed by atoms with Gasteiger partial charge in [0.2, 0.25) is 5.91 Å². The molecule has 6 aromatic rings. The summed E-state index contributed by atoms with van der Waals surface area (Å²) in [5.74, 6) is -1.92. The van der Waals surface area contributed by atoms with Crippen molar-refractivity contribution in [1.29, 1.82) is 0 Å². The highest BCUT2D eigenvalue weighted by atomic mass is 32.2. The summed E-state index contributed by atoms with van der Waals surface area (Å²) in [4.78, 5) is 67.6.